The number of aromatic nitrogens is 2. The van der Waals surface area contributed by atoms with E-state index < -0.39 is 0 Å². The molecule has 1 heterocycles. The van der Waals surface area contributed by atoms with E-state index in [0.717, 1.165) is 32.1 Å². The minimum Gasteiger partial charge on any atom is -0.393 e. The van der Waals surface area contributed by atoms with Crippen molar-refractivity contribution < 1.29 is 14.5 Å². The van der Waals surface area contributed by atoms with Crippen molar-refractivity contribution in [2.45, 2.75) is 51.6 Å². The molecule has 5 nitrogen and oxygen atoms in total. The Bertz CT molecular complexity index is 652. The van der Waals surface area contributed by atoms with Gasteiger partial charge in [0.2, 0.25) is 0 Å². The zero-order valence-electron chi connectivity index (χ0n) is 12.9. The molecule has 0 amide bonds. The Labute approximate surface area is 129 Å². The fourth-order valence-electron chi connectivity index (χ4n) is 3.36. The van der Waals surface area contributed by atoms with Gasteiger partial charge in [-0.15, -0.1) is 0 Å². The number of aliphatic hydroxyl groups is 1. The lowest BCUT2D eigenvalue weighted by molar-refractivity contribution is 0.0874. The number of carbonyl (C=O) groups excluding carboxylic acids is 1. The maximum atomic E-state index is 12.5. The molecule has 1 saturated carbocycles. The summed E-state index contributed by atoms with van der Waals surface area (Å²) in [5, 5.41) is 17.3. The molecule has 1 aliphatic rings. The Hall–Kier alpha value is -1.75. The quantitative estimate of drug-likeness (QED) is 0.857. The summed E-state index contributed by atoms with van der Waals surface area (Å²) in [6.45, 7) is 1.98. The standard InChI is InChI=1S/C17H22N2O3/c1-11(5-6-12-3-2-4-14(20)9-12)17(21)13-7-8-15-16(10-13)19-22-18-15/h7-8,10-12,14,20H,2-6,9H2,1H3/t11?,12-,14-/m1/s1. The first-order valence-corrected chi connectivity index (χ1v) is 8.08. The molecule has 1 N–H and O–H groups in total. The highest BCUT2D eigenvalue weighted by Crippen LogP contribution is 2.29. The smallest absolute Gasteiger partial charge is 0.165 e. The van der Waals surface area contributed by atoms with Crippen LogP contribution < -0.4 is 0 Å². The molecule has 1 aliphatic carbocycles. The van der Waals surface area contributed by atoms with Gasteiger partial charge in [0.15, 0.2) is 5.78 Å². The Balaban J connectivity index is 1.59. The van der Waals surface area contributed by atoms with Crippen LogP contribution in [0.15, 0.2) is 22.8 Å². The molecular formula is C17H22N2O3. The number of rotatable bonds is 5. The number of fused-ring (bicyclic) bond motifs is 1. The van der Waals surface area contributed by atoms with Gasteiger partial charge in [-0.05, 0) is 60.1 Å². The van der Waals surface area contributed by atoms with E-state index in [-0.39, 0.29) is 17.8 Å². The average molecular weight is 302 g/mol. The Morgan fingerprint density at radius 1 is 1.36 bits per heavy atom. The number of aliphatic hydroxyl groups excluding tert-OH is 1. The summed E-state index contributed by atoms with van der Waals surface area (Å²) in [6, 6.07) is 5.30. The topological polar surface area (TPSA) is 76.2 Å². The van der Waals surface area contributed by atoms with Crippen LogP contribution in [-0.2, 0) is 0 Å². The van der Waals surface area contributed by atoms with Crippen LogP contribution in [0.25, 0.3) is 11.0 Å². The first kappa shape index (κ1) is 15.2. The number of Topliss-reactive ketones (excluding diaryl/α,β-unsaturated/α-hetero) is 1. The maximum absolute atomic E-state index is 12.5. The first-order valence-electron chi connectivity index (χ1n) is 8.08. The van der Waals surface area contributed by atoms with Crippen molar-refractivity contribution in [3.05, 3.63) is 23.8 Å². The van der Waals surface area contributed by atoms with E-state index in [1.54, 1.807) is 18.2 Å². The van der Waals surface area contributed by atoms with Crippen LogP contribution >= 0.6 is 0 Å². The summed E-state index contributed by atoms with van der Waals surface area (Å²) >= 11 is 0. The van der Waals surface area contributed by atoms with E-state index >= 15 is 0 Å². The molecule has 2 aromatic rings. The largest absolute Gasteiger partial charge is 0.393 e. The minimum atomic E-state index is -0.146. The highest BCUT2D eigenvalue weighted by Gasteiger charge is 2.22. The van der Waals surface area contributed by atoms with Crippen LogP contribution in [0.5, 0.6) is 0 Å². The van der Waals surface area contributed by atoms with Crippen molar-refractivity contribution in [2.75, 3.05) is 0 Å². The van der Waals surface area contributed by atoms with Crippen LogP contribution in [0, 0.1) is 11.8 Å². The van der Waals surface area contributed by atoms with Gasteiger partial charge in [0, 0.05) is 11.5 Å². The number of hydrogen-bond acceptors (Lipinski definition) is 5. The number of nitrogens with zero attached hydrogens (tertiary/aromatic N) is 2. The molecule has 0 saturated heterocycles. The lowest BCUT2D eigenvalue weighted by Gasteiger charge is -2.26. The van der Waals surface area contributed by atoms with Gasteiger partial charge in [-0.2, -0.15) is 0 Å². The van der Waals surface area contributed by atoms with Crippen molar-refractivity contribution in [1.29, 1.82) is 0 Å². The predicted octanol–water partition coefficient (Wildman–Crippen LogP) is 3.37. The van der Waals surface area contributed by atoms with E-state index in [1.807, 2.05) is 6.92 Å². The Morgan fingerprint density at radius 2 is 2.18 bits per heavy atom. The molecule has 3 atom stereocenters. The normalized spacial score (nSPS) is 23.5. The monoisotopic (exact) mass is 302 g/mol. The zero-order valence-corrected chi connectivity index (χ0v) is 12.9. The number of carbonyl (C=O) groups is 1. The van der Waals surface area contributed by atoms with Crippen molar-refractivity contribution in [3.63, 3.8) is 0 Å². The fraction of sp³-hybridized carbons (Fsp3) is 0.588. The highest BCUT2D eigenvalue weighted by molar-refractivity contribution is 6.00. The third-order valence-electron chi connectivity index (χ3n) is 4.75. The van der Waals surface area contributed by atoms with E-state index in [2.05, 4.69) is 14.9 Å². The summed E-state index contributed by atoms with van der Waals surface area (Å²) in [6.07, 6.45) is 5.82. The zero-order chi connectivity index (χ0) is 15.5. The molecule has 1 aromatic carbocycles. The third-order valence-corrected chi connectivity index (χ3v) is 4.75. The molecular weight excluding hydrogens is 280 g/mol. The summed E-state index contributed by atoms with van der Waals surface area (Å²) in [5.41, 5.74) is 1.95. The average Bonchev–Trinajstić information content (AvgIpc) is 2.99. The van der Waals surface area contributed by atoms with E-state index in [4.69, 9.17) is 0 Å². The number of hydrogen-bond donors (Lipinski definition) is 1. The minimum absolute atomic E-state index is 0.0172. The molecule has 118 valence electrons. The van der Waals surface area contributed by atoms with E-state index in [1.165, 1.54) is 6.42 Å². The molecule has 0 spiro atoms. The molecule has 1 fully saturated rings. The van der Waals surface area contributed by atoms with Crippen LogP contribution in [0.1, 0.15) is 55.8 Å². The van der Waals surface area contributed by atoms with Gasteiger partial charge in [0.05, 0.1) is 6.10 Å². The number of benzene rings is 1. The van der Waals surface area contributed by atoms with Crippen LogP contribution in [0.2, 0.25) is 0 Å². The molecule has 3 rings (SSSR count). The van der Waals surface area contributed by atoms with Gasteiger partial charge in [0.1, 0.15) is 11.0 Å². The van der Waals surface area contributed by atoms with Crippen LogP contribution in [-0.4, -0.2) is 27.3 Å². The summed E-state index contributed by atoms with van der Waals surface area (Å²) in [4.78, 5) is 12.5. The lowest BCUT2D eigenvalue weighted by atomic mass is 9.82. The SMILES string of the molecule is CC(CC[C@H]1CCC[C@@H](O)C1)C(=O)c1ccc2nonc2c1. The van der Waals surface area contributed by atoms with Crippen molar-refractivity contribution in [1.82, 2.24) is 10.3 Å². The maximum Gasteiger partial charge on any atom is 0.165 e. The summed E-state index contributed by atoms with van der Waals surface area (Å²) in [5.74, 6) is 0.679. The summed E-state index contributed by atoms with van der Waals surface area (Å²) in [7, 11) is 0. The lowest BCUT2D eigenvalue weighted by Crippen LogP contribution is -2.21. The summed E-state index contributed by atoms with van der Waals surface area (Å²) < 4.78 is 4.66. The molecule has 0 bridgehead atoms. The van der Waals surface area contributed by atoms with Gasteiger partial charge in [0.25, 0.3) is 0 Å². The second kappa shape index (κ2) is 6.57. The van der Waals surface area contributed by atoms with Crippen molar-refractivity contribution >= 4 is 16.8 Å². The van der Waals surface area contributed by atoms with Crippen LogP contribution in [0.3, 0.4) is 0 Å². The van der Waals surface area contributed by atoms with Gasteiger partial charge in [-0.1, -0.05) is 19.8 Å². The molecule has 1 aromatic heterocycles. The Kier molecular flexibility index (Phi) is 4.52. The molecule has 0 aliphatic heterocycles. The second-order valence-electron chi connectivity index (χ2n) is 6.50. The Morgan fingerprint density at radius 3 is 3.00 bits per heavy atom. The van der Waals surface area contributed by atoms with Gasteiger partial charge >= 0.3 is 0 Å². The molecule has 0 radical (unpaired) electrons. The highest BCUT2D eigenvalue weighted by atomic mass is 16.6. The van der Waals surface area contributed by atoms with Crippen molar-refractivity contribution in [2.24, 2.45) is 11.8 Å². The molecule has 22 heavy (non-hydrogen) atoms. The fourth-order valence-corrected chi connectivity index (χ4v) is 3.36. The molecule has 1 unspecified atom stereocenters. The van der Waals surface area contributed by atoms with Gasteiger partial charge in [-0.3, -0.25) is 4.79 Å². The van der Waals surface area contributed by atoms with Gasteiger partial charge < -0.3 is 5.11 Å². The predicted molar refractivity (Wildman–Crippen MR) is 82.5 cm³/mol. The van der Waals surface area contributed by atoms with E-state index in [9.17, 15) is 9.90 Å². The third kappa shape index (κ3) is 3.35. The van der Waals surface area contributed by atoms with Gasteiger partial charge in [-0.25, -0.2) is 4.63 Å². The number of ketones is 1. The first-order chi connectivity index (χ1) is 10.6. The van der Waals surface area contributed by atoms with Crippen molar-refractivity contribution in [3.8, 4) is 0 Å². The molecule has 5 heteroatoms. The second-order valence-corrected chi connectivity index (χ2v) is 6.50. The van der Waals surface area contributed by atoms with Crippen LogP contribution in [0.4, 0.5) is 0 Å². The van der Waals surface area contributed by atoms with E-state index in [0.29, 0.717) is 22.5 Å².